The van der Waals surface area contributed by atoms with Gasteiger partial charge in [-0.3, -0.25) is 0 Å². The Balaban J connectivity index is 0.911. The second-order valence-electron chi connectivity index (χ2n) is 20.4. The summed E-state index contributed by atoms with van der Waals surface area (Å²) in [6.07, 6.45) is 0. The van der Waals surface area contributed by atoms with Crippen LogP contribution < -0.4 is 0 Å². The maximum atomic E-state index is 2.51. The Morgan fingerprint density at radius 1 is 0.270 bits per heavy atom. The molecule has 0 N–H and O–H groups in total. The summed E-state index contributed by atoms with van der Waals surface area (Å²) in [5.41, 5.74) is 21.6. The second kappa shape index (κ2) is 11.7. The van der Waals surface area contributed by atoms with Gasteiger partial charge in [0.25, 0.3) is 0 Å². The van der Waals surface area contributed by atoms with Gasteiger partial charge in [0.05, 0.1) is 0 Å². The molecule has 0 saturated carbocycles. The standard InChI is InChI=1S/C63H46/c1-61(2)54-33-39(38-21-29-52-50(31-38)46-25-15-35-11-7-9-13-43(35)59(46)62(52,3)4)19-27-48(54)58-49-28-18-37-17-23-42(45-24-20-41(34-55(58)61)57(49)56(37)45)40-22-30-53-51(32-40)47-26-16-36-12-8-10-14-44(36)60(47)63(53,5)6/h7-34H,1-6H3. The van der Waals surface area contributed by atoms with E-state index in [1.165, 1.54) is 143 Å². The molecule has 3 aliphatic carbocycles. The highest BCUT2D eigenvalue weighted by molar-refractivity contribution is 6.28. The normalized spacial score (nSPS) is 15.8. The van der Waals surface area contributed by atoms with Crippen molar-refractivity contribution in [2.24, 2.45) is 0 Å². The van der Waals surface area contributed by atoms with Gasteiger partial charge in [0.2, 0.25) is 0 Å². The summed E-state index contributed by atoms with van der Waals surface area (Å²) in [5.74, 6) is 0. The second-order valence-corrected chi connectivity index (χ2v) is 20.4. The number of hydrogen-bond acceptors (Lipinski definition) is 0. The van der Waals surface area contributed by atoms with Gasteiger partial charge in [-0.1, -0.05) is 187 Å². The molecule has 298 valence electrons. The molecule has 11 aromatic carbocycles. The molecule has 0 heterocycles. The molecule has 0 nitrogen and oxygen atoms in total. The Hall–Kier alpha value is -7.02. The fraction of sp³-hybridized carbons (Fsp3) is 0.143. The quantitative estimate of drug-likeness (QED) is 0.153. The Morgan fingerprint density at radius 3 is 1.44 bits per heavy atom. The van der Waals surface area contributed by atoms with E-state index >= 15 is 0 Å². The van der Waals surface area contributed by atoms with Crippen LogP contribution >= 0.6 is 0 Å². The minimum atomic E-state index is -0.152. The third-order valence-corrected chi connectivity index (χ3v) is 16.1. The molecule has 11 aromatic rings. The fourth-order valence-electron chi connectivity index (χ4n) is 13.1. The van der Waals surface area contributed by atoms with Crippen molar-refractivity contribution in [1.82, 2.24) is 0 Å². The van der Waals surface area contributed by atoms with E-state index in [0.29, 0.717) is 0 Å². The van der Waals surface area contributed by atoms with Gasteiger partial charge in [-0.25, -0.2) is 0 Å². The molecule has 0 aliphatic heterocycles. The van der Waals surface area contributed by atoms with E-state index in [2.05, 4.69) is 211 Å². The molecular formula is C63H46. The Labute approximate surface area is 368 Å². The lowest BCUT2D eigenvalue weighted by atomic mass is 9.79. The van der Waals surface area contributed by atoms with Crippen molar-refractivity contribution >= 4 is 53.9 Å². The van der Waals surface area contributed by atoms with E-state index in [-0.39, 0.29) is 16.2 Å². The molecule has 63 heavy (non-hydrogen) atoms. The van der Waals surface area contributed by atoms with Crippen LogP contribution in [0.4, 0.5) is 0 Å². The summed E-state index contributed by atoms with van der Waals surface area (Å²) in [4.78, 5) is 0. The van der Waals surface area contributed by atoms with Crippen LogP contribution in [-0.2, 0) is 16.2 Å². The van der Waals surface area contributed by atoms with Crippen LogP contribution in [0, 0.1) is 0 Å². The molecule has 0 saturated heterocycles. The van der Waals surface area contributed by atoms with Gasteiger partial charge in [0.1, 0.15) is 0 Å². The van der Waals surface area contributed by atoms with Gasteiger partial charge in [-0.05, 0) is 167 Å². The zero-order valence-corrected chi connectivity index (χ0v) is 36.7. The zero-order chi connectivity index (χ0) is 42.3. The van der Waals surface area contributed by atoms with Crippen LogP contribution in [-0.4, -0.2) is 0 Å². The molecule has 0 fully saturated rings. The first-order valence-corrected chi connectivity index (χ1v) is 22.7. The predicted molar refractivity (Wildman–Crippen MR) is 269 cm³/mol. The van der Waals surface area contributed by atoms with E-state index in [9.17, 15) is 0 Å². The van der Waals surface area contributed by atoms with Crippen molar-refractivity contribution in [2.45, 2.75) is 57.8 Å². The SMILES string of the molecule is CC1(C)c2cc(-c3ccc4c(c3)-c3ccc5ccccc5c3C4(C)C)ccc2-c2c1cc1ccc3c(-c4ccc5c(c4)-c4ccc6ccccc6c4C5(C)C)ccc4ccc2c1c43. The highest BCUT2D eigenvalue weighted by Crippen LogP contribution is 2.57. The van der Waals surface area contributed by atoms with Crippen LogP contribution in [0.2, 0.25) is 0 Å². The first-order valence-electron chi connectivity index (χ1n) is 22.7. The fourth-order valence-corrected chi connectivity index (χ4v) is 13.1. The molecular weight excluding hydrogens is 757 g/mol. The number of rotatable bonds is 2. The first-order chi connectivity index (χ1) is 30.5. The lowest BCUT2D eigenvalue weighted by Crippen LogP contribution is -2.15. The molecule has 0 amide bonds. The van der Waals surface area contributed by atoms with Crippen molar-refractivity contribution in [3.63, 3.8) is 0 Å². The summed E-state index contributed by atoms with van der Waals surface area (Å²) in [6, 6.07) is 65.6. The zero-order valence-electron chi connectivity index (χ0n) is 36.7. The minimum Gasteiger partial charge on any atom is -0.0616 e. The molecule has 0 bridgehead atoms. The highest BCUT2D eigenvalue weighted by atomic mass is 14.4. The Morgan fingerprint density at radius 2 is 0.762 bits per heavy atom. The van der Waals surface area contributed by atoms with Crippen LogP contribution in [0.5, 0.6) is 0 Å². The molecule has 0 unspecified atom stereocenters. The first kappa shape index (κ1) is 35.6. The van der Waals surface area contributed by atoms with Crippen molar-refractivity contribution < 1.29 is 0 Å². The monoisotopic (exact) mass is 802 g/mol. The predicted octanol–water partition coefficient (Wildman–Crippen LogP) is 17.1. The Kier molecular flexibility index (Phi) is 6.61. The maximum Gasteiger partial charge on any atom is 0.0165 e. The minimum absolute atomic E-state index is 0.0619. The third kappa shape index (κ3) is 4.41. The van der Waals surface area contributed by atoms with Gasteiger partial charge >= 0.3 is 0 Å². The molecule has 3 aliphatic rings. The van der Waals surface area contributed by atoms with Gasteiger partial charge in [-0.15, -0.1) is 0 Å². The van der Waals surface area contributed by atoms with Gasteiger partial charge < -0.3 is 0 Å². The number of benzene rings is 11. The summed E-state index contributed by atoms with van der Waals surface area (Å²) < 4.78 is 0. The lowest BCUT2D eigenvalue weighted by Gasteiger charge is -2.24. The molecule has 0 spiro atoms. The van der Waals surface area contributed by atoms with Gasteiger partial charge in [0.15, 0.2) is 0 Å². The summed E-state index contributed by atoms with van der Waals surface area (Å²) in [7, 11) is 0. The van der Waals surface area contributed by atoms with E-state index < -0.39 is 0 Å². The van der Waals surface area contributed by atoms with Crippen molar-refractivity contribution in [3.8, 4) is 55.6 Å². The Bertz CT molecular complexity index is 3870. The van der Waals surface area contributed by atoms with Crippen LogP contribution in [0.3, 0.4) is 0 Å². The molecule has 0 atom stereocenters. The third-order valence-electron chi connectivity index (χ3n) is 16.1. The van der Waals surface area contributed by atoms with Gasteiger partial charge in [-0.2, -0.15) is 0 Å². The molecule has 0 aromatic heterocycles. The topological polar surface area (TPSA) is 0 Å². The van der Waals surface area contributed by atoms with E-state index in [4.69, 9.17) is 0 Å². The van der Waals surface area contributed by atoms with Crippen molar-refractivity contribution in [3.05, 3.63) is 203 Å². The summed E-state index contributed by atoms with van der Waals surface area (Å²) in [5, 5.41) is 13.4. The smallest absolute Gasteiger partial charge is 0.0165 e. The van der Waals surface area contributed by atoms with E-state index in [1.54, 1.807) is 0 Å². The van der Waals surface area contributed by atoms with Crippen LogP contribution in [0.25, 0.3) is 109 Å². The van der Waals surface area contributed by atoms with Crippen molar-refractivity contribution in [2.75, 3.05) is 0 Å². The molecule has 14 rings (SSSR count). The van der Waals surface area contributed by atoms with E-state index in [1.807, 2.05) is 0 Å². The maximum absolute atomic E-state index is 2.51. The van der Waals surface area contributed by atoms with Crippen LogP contribution in [0.1, 0.15) is 74.9 Å². The lowest BCUT2D eigenvalue weighted by molar-refractivity contribution is 0.661. The van der Waals surface area contributed by atoms with Crippen molar-refractivity contribution in [1.29, 1.82) is 0 Å². The molecule has 0 heteroatoms. The largest absolute Gasteiger partial charge is 0.0616 e. The van der Waals surface area contributed by atoms with Gasteiger partial charge in [0, 0.05) is 16.2 Å². The van der Waals surface area contributed by atoms with Crippen LogP contribution in [0.15, 0.2) is 170 Å². The molecule has 0 radical (unpaired) electrons. The average Bonchev–Trinajstić information content (AvgIpc) is 3.79. The summed E-state index contributed by atoms with van der Waals surface area (Å²) in [6.45, 7) is 14.4. The number of fused-ring (bicyclic) bond motifs is 14. The number of hydrogen-bond donors (Lipinski definition) is 0. The van der Waals surface area contributed by atoms with E-state index in [0.717, 1.165) is 0 Å². The average molecular weight is 803 g/mol. The highest BCUT2D eigenvalue weighted by Gasteiger charge is 2.40. The summed E-state index contributed by atoms with van der Waals surface area (Å²) >= 11 is 0.